The third-order valence-electron chi connectivity index (χ3n) is 2.30. The van der Waals surface area contributed by atoms with E-state index in [4.69, 9.17) is 0 Å². The summed E-state index contributed by atoms with van der Waals surface area (Å²) in [7, 11) is 0. The molecule has 0 radical (unpaired) electrons. The fourth-order valence-corrected chi connectivity index (χ4v) is 0. The predicted octanol–water partition coefficient (Wildman–Crippen LogP) is 0.578. The van der Waals surface area contributed by atoms with E-state index in [-0.39, 0.29) is 46.1 Å². The molecule has 0 aromatic heterocycles. The van der Waals surface area contributed by atoms with Gasteiger partial charge >= 0.3 is 21.7 Å². The molecular formula is C16H36O4Ti. The first-order chi connectivity index (χ1) is 9.08. The molecule has 0 saturated carbocycles. The van der Waals surface area contributed by atoms with Crippen LogP contribution in [0.3, 0.4) is 0 Å². The van der Waals surface area contributed by atoms with Crippen molar-refractivity contribution in [1.82, 2.24) is 0 Å². The average Bonchev–Trinajstić information content (AvgIpc) is 2.40. The fraction of sp³-hybridized carbons (Fsp3) is 1.00. The number of rotatable bonds is 4. The molecule has 0 aliphatic rings. The Hall–Kier alpha value is 0.554. The Morgan fingerprint density at radius 1 is 0.476 bits per heavy atom. The van der Waals surface area contributed by atoms with Crippen LogP contribution in [-0.4, -0.2) is 24.4 Å². The van der Waals surface area contributed by atoms with Gasteiger partial charge in [0.2, 0.25) is 0 Å². The minimum Gasteiger partial charge on any atom is -0.852 e. The second-order valence-corrected chi connectivity index (χ2v) is 4.88. The SMILES string of the molecule is CCC(C)[O-].CCC(C)[O-].CCC(C)[O-].CCC(C)[O-].[Ti+4]. The van der Waals surface area contributed by atoms with Crippen LogP contribution in [0.2, 0.25) is 0 Å². The van der Waals surface area contributed by atoms with Gasteiger partial charge in [0.1, 0.15) is 0 Å². The molecule has 0 spiro atoms. The largest absolute Gasteiger partial charge is 4.00 e. The Morgan fingerprint density at radius 3 is 0.524 bits per heavy atom. The third-order valence-corrected chi connectivity index (χ3v) is 2.30. The fourth-order valence-electron chi connectivity index (χ4n) is 0. The van der Waals surface area contributed by atoms with Gasteiger partial charge in [0.15, 0.2) is 0 Å². The number of hydrogen-bond donors (Lipinski definition) is 0. The Kier molecular flexibility index (Phi) is 45.4. The van der Waals surface area contributed by atoms with Gasteiger partial charge in [-0.3, -0.25) is 0 Å². The molecule has 5 heteroatoms. The maximum Gasteiger partial charge on any atom is 4.00 e. The first-order valence-corrected chi connectivity index (χ1v) is 7.71. The van der Waals surface area contributed by atoms with E-state index in [0.29, 0.717) is 0 Å². The van der Waals surface area contributed by atoms with Crippen LogP contribution in [0.1, 0.15) is 81.1 Å². The van der Waals surface area contributed by atoms with Crippen LogP contribution in [-0.2, 0) is 21.7 Å². The smallest absolute Gasteiger partial charge is 0.852 e. The van der Waals surface area contributed by atoms with Crippen molar-refractivity contribution >= 4 is 0 Å². The first-order valence-electron chi connectivity index (χ1n) is 7.71. The summed E-state index contributed by atoms with van der Waals surface area (Å²) in [6.07, 6.45) is 1.54. The summed E-state index contributed by atoms with van der Waals surface area (Å²) >= 11 is 0. The summed E-state index contributed by atoms with van der Waals surface area (Å²) in [6.45, 7) is 14.2. The topological polar surface area (TPSA) is 92.2 Å². The minimum atomic E-state index is -0.366. The van der Waals surface area contributed by atoms with Crippen molar-refractivity contribution in [2.45, 2.75) is 105 Å². The quantitative estimate of drug-likeness (QED) is 0.700. The zero-order valence-electron chi connectivity index (χ0n) is 15.3. The maximum absolute atomic E-state index is 9.90. The van der Waals surface area contributed by atoms with E-state index < -0.39 is 0 Å². The van der Waals surface area contributed by atoms with Crippen molar-refractivity contribution in [2.24, 2.45) is 0 Å². The van der Waals surface area contributed by atoms with Crippen molar-refractivity contribution in [3.8, 4) is 0 Å². The van der Waals surface area contributed by atoms with E-state index in [0.717, 1.165) is 25.7 Å². The summed E-state index contributed by atoms with van der Waals surface area (Å²) in [4.78, 5) is 0. The molecule has 0 N–H and O–H groups in total. The van der Waals surface area contributed by atoms with E-state index in [2.05, 4.69) is 0 Å². The Morgan fingerprint density at radius 2 is 0.524 bits per heavy atom. The third kappa shape index (κ3) is 96.7. The van der Waals surface area contributed by atoms with Crippen LogP contribution < -0.4 is 20.4 Å². The van der Waals surface area contributed by atoms with Crippen LogP contribution in [0.4, 0.5) is 0 Å². The summed E-state index contributed by atoms with van der Waals surface area (Å²) in [6, 6.07) is 0. The van der Waals surface area contributed by atoms with Crippen molar-refractivity contribution in [3.05, 3.63) is 0 Å². The summed E-state index contributed by atoms with van der Waals surface area (Å²) in [5.41, 5.74) is 0. The van der Waals surface area contributed by atoms with Gasteiger partial charge in [0.25, 0.3) is 0 Å². The van der Waals surface area contributed by atoms with Gasteiger partial charge < -0.3 is 20.4 Å². The molecule has 0 bridgehead atoms. The predicted molar refractivity (Wildman–Crippen MR) is 79.0 cm³/mol. The minimum absolute atomic E-state index is 0. The molecule has 0 aliphatic carbocycles. The van der Waals surface area contributed by atoms with Gasteiger partial charge in [-0.05, 0) is 0 Å². The zero-order valence-corrected chi connectivity index (χ0v) is 16.8. The molecule has 0 saturated heterocycles. The molecule has 4 nitrogen and oxygen atoms in total. The van der Waals surface area contributed by atoms with E-state index in [1.807, 2.05) is 27.7 Å². The first kappa shape index (κ1) is 33.2. The zero-order chi connectivity index (χ0) is 17.1. The van der Waals surface area contributed by atoms with Crippen LogP contribution in [0.15, 0.2) is 0 Å². The van der Waals surface area contributed by atoms with E-state index in [1.54, 1.807) is 27.7 Å². The van der Waals surface area contributed by atoms with Crippen molar-refractivity contribution < 1.29 is 42.1 Å². The van der Waals surface area contributed by atoms with Crippen LogP contribution >= 0.6 is 0 Å². The van der Waals surface area contributed by atoms with Gasteiger partial charge in [-0.25, -0.2) is 0 Å². The van der Waals surface area contributed by atoms with E-state index in [1.165, 1.54) is 0 Å². The molecular weight excluding hydrogens is 304 g/mol. The molecule has 128 valence electrons. The van der Waals surface area contributed by atoms with Crippen LogP contribution in [0.25, 0.3) is 0 Å². The molecule has 0 aromatic carbocycles. The van der Waals surface area contributed by atoms with Crippen molar-refractivity contribution in [2.75, 3.05) is 0 Å². The Labute approximate surface area is 147 Å². The van der Waals surface area contributed by atoms with Gasteiger partial charge in [-0.15, -0.1) is 24.4 Å². The Balaban J connectivity index is -0.0000000533. The van der Waals surface area contributed by atoms with Gasteiger partial charge in [-0.1, -0.05) is 81.1 Å². The maximum atomic E-state index is 9.90. The standard InChI is InChI=1S/4C4H9O.Ti/c4*1-3-4(2)5;/h4*4H,3H2,1-2H3;/q4*-1;+4. The summed E-state index contributed by atoms with van der Waals surface area (Å²) in [5, 5.41) is 39.6. The van der Waals surface area contributed by atoms with E-state index in [9.17, 15) is 20.4 Å². The molecule has 0 rings (SSSR count). The van der Waals surface area contributed by atoms with Crippen LogP contribution in [0.5, 0.6) is 0 Å². The molecule has 4 unspecified atom stereocenters. The molecule has 0 heterocycles. The van der Waals surface area contributed by atoms with Gasteiger partial charge in [-0.2, -0.15) is 0 Å². The Bertz CT molecular complexity index is 108. The molecule has 0 aliphatic heterocycles. The molecule has 0 aromatic rings. The van der Waals surface area contributed by atoms with E-state index >= 15 is 0 Å². The summed E-state index contributed by atoms with van der Waals surface area (Å²) < 4.78 is 0. The second kappa shape index (κ2) is 28.7. The molecule has 4 atom stereocenters. The second-order valence-electron chi connectivity index (χ2n) is 4.88. The molecule has 0 amide bonds. The van der Waals surface area contributed by atoms with Gasteiger partial charge in [0, 0.05) is 0 Å². The van der Waals surface area contributed by atoms with Gasteiger partial charge in [0.05, 0.1) is 0 Å². The average molecular weight is 340 g/mol. The van der Waals surface area contributed by atoms with Crippen molar-refractivity contribution in [1.29, 1.82) is 0 Å². The molecule has 0 fully saturated rings. The molecule has 21 heavy (non-hydrogen) atoms. The monoisotopic (exact) mass is 340 g/mol. The van der Waals surface area contributed by atoms with Crippen LogP contribution in [0, 0.1) is 0 Å². The number of hydrogen-bond acceptors (Lipinski definition) is 4. The van der Waals surface area contributed by atoms with Crippen molar-refractivity contribution in [3.63, 3.8) is 0 Å². The summed E-state index contributed by atoms with van der Waals surface area (Å²) in [5.74, 6) is 0. The normalized spacial score (nSPS) is 14.3.